The van der Waals surface area contributed by atoms with Crippen LogP contribution in [0.4, 0.5) is 11.4 Å². The van der Waals surface area contributed by atoms with Gasteiger partial charge in [-0.15, -0.1) is 0 Å². The fraction of sp³-hybridized carbons (Fsp3) is 0.179. The summed E-state index contributed by atoms with van der Waals surface area (Å²) in [6.45, 7) is 5.86. The third kappa shape index (κ3) is 7.21. The number of amides is 2. The summed E-state index contributed by atoms with van der Waals surface area (Å²) in [5.41, 5.74) is 3.87. The number of nitrogens with one attached hydrogen (secondary N) is 2. The second-order valence-corrected chi connectivity index (χ2v) is 7.78. The lowest BCUT2D eigenvalue weighted by Crippen LogP contribution is -2.20. The highest BCUT2D eigenvalue weighted by Gasteiger charge is 2.13. The molecule has 0 aromatic heterocycles. The van der Waals surface area contributed by atoms with Gasteiger partial charge in [0.05, 0.1) is 6.61 Å². The third-order valence-corrected chi connectivity index (χ3v) is 5.03. The number of carbonyl (C=O) groups is 2. The molecule has 0 saturated heterocycles. The molecule has 3 aromatic rings. The van der Waals surface area contributed by atoms with Crippen molar-refractivity contribution >= 4 is 29.3 Å². The Labute approximate surface area is 205 Å². The van der Waals surface area contributed by atoms with E-state index in [1.54, 1.807) is 30.3 Å². The van der Waals surface area contributed by atoms with Gasteiger partial charge in [-0.25, -0.2) is 0 Å². The summed E-state index contributed by atoms with van der Waals surface area (Å²) >= 11 is 0. The number of hydrogen-bond donors (Lipinski definition) is 2. The number of aryl methyl sites for hydroxylation is 2. The zero-order valence-electron chi connectivity index (χ0n) is 19.9. The number of anilines is 2. The van der Waals surface area contributed by atoms with Crippen LogP contribution in [0, 0.1) is 25.2 Å². The summed E-state index contributed by atoms with van der Waals surface area (Å²) in [5, 5.41) is 15.0. The quantitative estimate of drug-likeness (QED) is 0.329. The molecule has 0 aliphatic carbocycles. The number of ether oxygens (including phenoxy) is 2. The molecule has 3 aromatic carbocycles. The minimum atomic E-state index is -0.512. The Kier molecular flexibility index (Phi) is 8.63. The zero-order chi connectivity index (χ0) is 25.2. The number of rotatable bonds is 9. The number of nitrogens with zero attached hydrogens (tertiary/aromatic N) is 1. The number of para-hydroxylation sites is 1. The van der Waals surface area contributed by atoms with Gasteiger partial charge in [-0.3, -0.25) is 9.59 Å². The van der Waals surface area contributed by atoms with E-state index in [4.69, 9.17) is 9.47 Å². The Morgan fingerprint density at radius 3 is 2.37 bits per heavy atom. The molecule has 0 bridgehead atoms. The summed E-state index contributed by atoms with van der Waals surface area (Å²) < 4.78 is 11.3. The van der Waals surface area contributed by atoms with E-state index in [0.717, 1.165) is 16.8 Å². The smallest absolute Gasteiger partial charge is 0.266 e. The van der Waals surface area contributed by atoms with Crippen molar-refractivity contribution in [3.63, 3.8) is 0 Å². The van der Waals surface area contributed by atoms with Crippen LogP contribution >= 0.6 is 0 Å². The van der Waals surface area contributed by atoms with Crippen LogP contribution in [0.15, 0.2) is 72.3 Å². The van der Waals surface area contributed by atoms with E-state index in [2.05, 4.69) is 10.6 Å². The van der Waals surface area contributed by atoms with Crippen LogP contribution in [0.1, 0.15) is 23.6 Å². The molecular formula is C28H27N3O4. The third-order valence-electron chi connectivity index (χ3n) is 5.03. The van der Waals surface area contributed by atoms with Crippen molar-refractivity contribution < 1.29 is 19.1 Å². The van der Waals surface area contributed by atoms with E-state index in [-0.39, 0.29) is 18.1 Å². The van der Waals surface area contributed by atoms with Gasteiger partial charge in [-0.05, 0) is 68.3 Å². The highest BCUT2D eigenvalue weighted by atomic mass is 16.5. The maximum atomic E-state index is 12.6. The normalized spacial score (nSPS) is 10.7. The van der Waals surface area contributed by atoms with Crippen LogP contribution in [0.25, 0.3) is 6.08 Å². The molecule has 2 amide bonds. The number of hydrogen-bond acceptors (Lipinski definition) is 5. The van der Waals surface area contributed by atoms with Crippen molar-refractivity contribution in [2.45, 2.75) is 20.8 Å². The largest absolute Gasteiger partial charge is 0.490 e. The van der Waals surface area contributed by atoms with Crippen molar-refractivity contribution in [1.82, 2.24) is 0 Å². The average Bonchev–Trinajstić information content (AvgIpc) is 2.85. The molecule has 0 radical (unpaired) electrons. The minimum Gasteiger partial charge on any atom is -0.490 e. The monoisotopic (exact) mass is 469 g/mol. The van der Waals surface area contributed by atoms with Crippen LogP contribution in [0.2, 0.25) is 0 Å². The van der Waals surface area contributed by atoms with Crippen LogP contribution in [-0.4, -0.2) is 25.0 Å². The van der Waals surface area contributed by atoms with Gasteiger partial charge >= 0.3 is 0 Å². The lowest BCUT2D eigenvalue weighted by molar-refractivity contribution is -0.118. The van der Waals surface area contributed by atoms with Gasteiger partial charge in [-0.1, -0.05) is 42.0 Å². The van der Waals surface area contributed by atoms with E-state index in [9.17, 15) is 14.9 Å². The summed E-state index contributed by atoms with van der Waals surface area (Å²) in [4.78, 5) is 24.9. The highest BCUT2D eigenvalue weighted by Crippen LogP contribution is 2.29. The van der Waals surface area contributed by atoms with Gasteiger partial charge in [0.25, 0.3) is 11.8 Å². The molecular weight excluding hydrogens is 442 g/mol. The van der Waals surface area contributed by atoms with Crippen LogP contribution in [0.3, 0.4) is 0 Å². The average molecular weight is 470 g/mol. The molecule has 7 heteroatoms. The van der Waals surface area contributed by atoms with Crippen molar-refractivity contribution in [2.24, 2.45) is 0 Å². The molecule has 2 N–H and O–H groups in total. The summed E-state index contributed by atoms with van der Waals surface area (Å²) in [6, 6.07) is 21.7. The first-order chi connectivity index (χ1) is 16.9. The lowest BCUT2D eigenvalue weighted by Gasteiger charge is -2.13. The predicted octanol–water partition coefficient (Wildman–Crippen LogP) is 5.27. The molecule has 3 rings (SSSR count). The van der Waals surface area contributed by atoms with Crippen LogP contribution < -0.4 is 20.1 Å². The molecule has 0 fully saturated rings. The van der Waals surface area contributed by atoms with Crippen LogP contribution in [-0.2, 0) is 9.59 Å². The number of carbonyl (C=O) groups excluding carboxylic acids is 2. The molecule has 0 aliphatic rings. The summed E-state index contributed by atoms with van der Waals surface area (Å²) in [6.07, 6.45) is 1.47. The Balaban J connectivity index is 1.71. The standard InChI is InChI=1S/C28H27N3O4/c1-4-34-26-16-21(15-22(17-29)28(33)30-23-12-9-19(2)10-13-23)11-14-25(26)35-18-27(32)31-24-8-6-5-7-20(24)3/h5-16H,4,18H2,1-3H3,(H,30,33)(H,31,32)/b22-15-. The molecule has 7 nitrogen and oxygen atoms in total. The van der Waals surface area contributed by atoms with E-state index in [1.165, 1.54) is 6.08 Å². The molecule has 0 aliphatic heterocycles. The summed E-state index contributed by atoms with van der Waals surface area (Å²) in [5.74, 6) is -0.0273. The van der Waals surface area contributed by atoms with Crippen molar-refractivity contribution in [2.75, 3.05) is 23.8 Å². The fourth-order valence-corrected chi connectivity index (χ4v) is 3.20. The van der Waals surface area contributed by atoms with E-state index in [0.29, 0.717) is 29.4 Å². The van der Waals surface area contributed by atoms with Gasteiger partial charge in [0, 0.05) is 11.4 Å². The molecule has 178 valence electrons. The topological polar surface area (TPSA) is 100 Å². The van der Waals surface area contributed by atoms with Crippen molar-refractivity contribution in [3.8, 4) is 17.6 Å². The first-order valence-electron chi connectivity index (χ1n) is 11.1. The van der Waals surface area contributed by atoms with E-state index in [1.807, 2.05) is 63.2 Å². The molecule has 0 heterocycles. The van der Waals surface area contributed by atoms with Gasteiger partial charge in [-0.2, -0.15) is 5.26 Å². The molecule has 0 atom stereocenters. The molecule has 0 spiro atoms. The Bertz CT molecular complexity index is 1270. The second kappa shape index (κ2) is 12.1. The number of benzene rings is 3. The van der Waals surface area contributed by atoms with Crippen molar-refractivity contribution in [3.05, 3.63) is 89.0 Å². The molecule has 0 saturated carbocycles. The Morgan fingerprint density at radius 2 is 1.69 bits per heavy atom. The van der Waals surface area contributed by atoms with E-state index >= 15 is 0 Å². The maximum Gasteiger partial charge on any atom is 0.266 e. The minimum absolute atomic E-state index is 0.0562. The highest BCUT2D eigenvalue weighted by molar-refractivity contribution is 6.09. The second-order valence-electron chi connectivity index (χ2n) is 7.78. The van der Waals surface area contributed by atoms with Gasteiger partial charge in [0.1, 0.15) is 11.6 Å². The summed E-state index contributed by atoms with van der Waals surface area (Å²) in [7, 11) is 0. The Morgan fingerprint density at radius 1 is 0.943 bits per heavy atom. The maximum absolute atomic E-state index is 12.6. The van der Waals surface area contributed by atoms with Crippen LogP contribution in [0.5, 0.6) is 11.5 Å². The zero-order valence-corrected chi connectivity index (χ0v) is 19.9. The van der Waals surface area contributed by atoms with Gasteiger partial charge < -0.3 is 20.1 Å². The fourth-order valence-electron chi connectivity index (χ4n) is 3.20. The molecule has 0 unspecified atom stereocenters. The number of nitriles is 1. The Hall–Kier alpha value is -4.57. The predicted molar refractivity (Wildman–Crippen MR) is 136 cm³/mol. The first-order valence-corrected chi connectivity index (χ1v) is 11.1. The first kappa shape index (κ1) is 25.1. The SMILES string of the molecule is CCOc1cc(/C=C(/C#N)C(=O)Nc2ccc(C)cc2)ccc1OCC(=O)Nc1ccccc1C. The molecule has 35 heavy (non-hydrogen) atoms. The lowest BCUT2D eigenvalue weighted by atomic mass is 10.1. The van der Waals surface area contributed by atoms with Gasteiger partial charge in [0.15, 0.2) is 18.1 Å². The van der Waals surface area contributed by atoms with Crippen molar-refractivity contribution in [1.29, 1.82) is 5.26 Å². The van der Waals surface area contributed by atoms with Gasteiger partial charge in [0.2, 0.25) is 0 Å². The van der Waals surface area contributed by atoms with E-state index < -0.39 is 5.91 Å².